The number of amidine groups is 1. The summed E-state index contributed by atoms with van der Waals surface area (Å²) >= 11 is 1.68. The van der Waals surface area contributed by atoms with Crippen LogP contribution in [0, 0.1) is 0 Å². The molecule has 1 aliphatic carbocycles. The number of fused-ring (bicyclic) bond motifs is 1. The number of rotatable bonds is 2. The second kappa shape index (κ2) is 5.33. The lowest BCUT2D eigenvalue weighted by Crippen LogP contribution is -2.34. The van der Waals surface area contributed by atoms with E-state index in [0.29, 0.717) is 11.9 Å². The lowest BCUT2D eigenvalue weighted by atomic mass is 9.98. The first-order valence-corrected chi connectivity index (χ1v) is 7.46. The van der Waals surface area contributed by atoms with E-state index in [1.165, 1.54) is 19.3 Å². The average molecular weight is 262 g/mol. The van der Waals surface area contributed by atoms with Gasteiger partial charge in [0.15, 0.2) is 5.44 Å². The molecule has 0 aromatic heterocycles. The van der Waals surface area contributed by atoms with E-state index in [1.807, 2.05) is 18.2 Å². The number of benzene rings is 1. The van der Waals surface area contributed by atoms with E-state index < -0.39 is 0 Å². The standard InChI is InChI=1S/C14H18N2OS/c15-13-14(17-10-6-2-1-3-7-10)18-12-9-5-4-8-11(12)16-13/h4-5,8-10,14H,1-3,6-7H2,(H2,15,16). The van der Waals surface area contributed by atoms with Crippen molar-refractivity contribution in [1.29, 1.82) is 0 Å². The highest BCUT2D eigenvalue weighted by Gasteiger charge is 2.26. The van der Waals surface area contributed by atoms with Crippen LogP contribution >= 0.6 is 11.8 Å². The van der Waals surface area contributed by atoms with Crippen LogP contribution in [0.25, 0.3) is 0 Å². The second-order valence-electron chi connectivity index (χ2n) is 4.85. The molecule has 1 unspecified atom stereocenters. The molecule has 1 heterocycles. The van der Waals surface area contributed by atoms with Crippen LogP contribution in [-0.4, -0.2) is 17.4 Å². The van der Waals surface area contributed by atoms with E-state index in [0.717, 1.165) is 23.4 Å². The molecule has 0 spiro atoms. The molecule has 0 bridgehead atoms. The fourth-order valence-electron chi connectivity index (χ4n) is 2.49. The molecule has 2 aliphatic rings. The third-order valence-electron chi connectivity index (χ3n) is 3.46. The van der Waals surface area contributed by atoms with Gasteiger partial charge < -0.3 is 10.5 Å². The molecule has 3 nitrogen and oxygen atoms in total. The Bertz CT molecular complexity index is 455. The summed E-state index contributed by atoms with van der Waals surface area (Å²) in [6.45, 7) is 0. The third-order valence-corrected chi connectivity index (χ3v) is 4.62. The summed E-state index contributed by atoms with van der Waals surface area (Å²) in [5.41, 5.74) is 6.87. The third kappa shape index (κ3) is 2.54. The SMILES string of the molecule is NC1=Nc2ccccc2SC1OC1CCCCC1. The van der Waals surface area contributed by atoms with E-state index >= 15 is 0 Å². The zero-order valence-electron chi connectivity index (χ0n) is 10.3. The quantitative estimate of drug-likeness (QED) is 0.888. The Labute approximate surface area is 112 Å². The molecule has 4 heteroatoms. The van der Waals surface area contributed by atoms with E-state index in [1.54, 1.807) is 11.8 Å². The molecule has 96 valence electrons. The van der Waals surface area contributed by atoms with Crippen LogP contribution in [0.5, 0.6) is 0 Å². The molecule has 0 saturated heterocycles. The lowest BCUT2D eigenvalue weighted by Gasteiger charge is -2.29. The fraction of sp³-hybridized carbons (Fsp3) is 0.500. The molecule has 1 fully saturated rings. The Kier molecular flexibility index (Phi) is 3.57. The molecule has 18 heavy (non-hydrogen) atoms. The molecule has 1 aromatic rings. The Morgan fingerprint density at radius 1 is 1.17 bits per heavy atom. The van der Waals surface area contributed by atoms with Crippen LogP contribution in [0.1, 0.15) is 32.1 Å². The molecule has 3 rings (SSSR count). The lowest BCUT2D eigenvalue weighted by molar-refractivity contribution is 0.0375. The van der Waals surface area contributed by atoms with Crippen LogP contribution in [-0.2, 0) is 4.74 Å². The summed E-state index contributed by atoms with van der Waals surface area (Å²) in [6, 6.07) is 8.08. The van der Waals surface area contributed by atoms with E-state index in [4.69, 9.17) is 10.5 Å². The summed E-state index contributed by atoms with van der Waals surface area (Å²) in [6.07, 6.45) is 6.56. The highest BCUT2D eigenvalue weighted by molar-refractivity contribution is 8.00. The van der Waals surface area contributed by atoms with Crippen LogP contribution in [0.4, 0.5) is 5.69 Å². The second-order valence-corrected chi connectivity index (χ2v) is 5.95. The van der Waals surface area contributed by atoms with Crippen molar-refractivity contribution in [2.24, 2.45) is 10.7 Å². The van der Waals surface area contributed by atoms with Crippen LogP contribution in [0.2, 0.25) is 0 Å². The zero-order valence-corrected chi connectivity index (χ0v) is 11.2. The van der Waals surface area contributed by atoms with Gasteiger partial charge in [0.2, 0.25) is 0 Å². The van der Waals surface area contributed by atoms with Crippen LogP contribution in [0.15, 0.2) is 34.2 Å². The van der Waals surface area contributed by atoms with Crippen molar-refractivity contribution in [3.05, 3.63) is 24.3 Å². The minimum atomic E-state index is -0.108. The topological polar surface area (TPSA) is 47.6 Å². The number of hydrogen-bond donors (Lipinski definition) is 1. The number of para-hydroxylation sites is 1. The largest absolute Gasteiger partial charge is 0.384 e. The first-order chi connectivity index (χ1) is 8.83. The van der Waals surface area contributed by atoms with Gasteiger partial charge in [-0.15, -0.1) is 0 Å². The number of ether oxygens (including phenoxy) is 1. The zero-order chi connectivity index (χ0) is 12.4. The van der Waals surface area contributed by atoms with Crippen molar-refractivity contribution in [3.8, 4) is 0 Å². The maximum absolute atomic E-state index is 6.11. The van der Waals surface area contributed by atoms with Gasteiger partial charge in [-0.3, -0.25) is 0 Å². The predicted octanol–water partition coefficient (Wildman–Crippen LogP) is 3.46. The Morgan fingerprint density at radius 2 is 1.94 bits per heavy atom. The summed E-state index contributed by atoms with van der Waals surface area (Å²) in [7, 11) is 0. The number of nitrogens with zero attached hydrogens (tertiary/aromatic N) is 1. The fourth-order valence-corrected chi connectivity index (χ4v) is 3.50. The highest BCUT2D eigenvalue weighted by atomic mass is 32.2. The van der Waals surface area contributed by atoms with Crippen molar-refractivity contribution in [3.63, 3.8) is 0 Å². The molecule has 0 amide bonds. The number of thioether (sulfide) groups is 1. The molecule has 0 radical (unpaired) electrons. The smallest absolute Gasteiger partial charge is 0.165 e. The molecule has 1 aliphatic heterocycles. The van der Waals surface area contributed by atoms with Crippen LogP contribution in [0.3, 0.4) is 0 Å². The minimum absolute atomic E-state index is 0.108. The minimum Gasteiger partial charge on any atom is -0.384 e. The van der Waals surface area contributed by atoms with Gasteiger partial charge in [0.1, 0.15) is 5.84 Å². The van der Waals surface area contributed by atoms with Crippen molar-refractivity contribution in [2.75, 3.05) is 0 Å². The molecule has 1 saturated carbocycles. The van der Waals surface area contributed by atoms with Gasteiger partial charge in [-0.2, -0.15) is 0 Å². The van der Waals surface area contributed by atoms with Crippen molar-refractivity contribution >= 4 is 23.3 Å². The molecular formula is C14H18N2OS. The molecular weight excluding hydrogens is 244 g/mol. The summed E-state index contributed by atoms with van der Waals surface area (Å²) in [4.78, 5) is 5.60. The average Bonchev–Trinajstić information content (AvgIpc) is 2.41. The van der Waals surface area contributed by atoms with Gasteiger partial charge in [-0.05, 0) is 25.0 Å². The Morgan fingerprint density at radius 3 is 2.78 bits per heavy atom. The van der Waals surface area contributed by atoms with E-state index in [9.17, 15) is 0 Å². The summed E-state index contributed by atoms with van der Waals surface area (Å²) < 4.78 is 6.11. The van der Waals surface area contributed by atoms with Crippen molar-refractivity contribution < 1.29 is 4.74 Å². The van der Waals surface area contributed by atoms with Crippen molar-refractivity contribution in [2.45, 2.75) is 48.5 Å². The van der Waals surface area contributed by atoms with Gasteiger partial charge in [0.25, 0.3) is 0 Å². The predicted molar refractivity (Wildman–Crippen MR) is 75.3 cm³/mol. The highest BCUT2D eigenvalue weighted by Crippen LogP contribution is 2.38. The van der Waals surface area contributed by atoms with E-state index in [2.05, 4.69) is 11.1 Å². The first kappa shape index (κ1) is 12.1. The molecule has 1 atom stereocenters. The van der Waals surface area contributed by atoms with E-state index in [-0.39, 0.29) is 5.44 Å². The maximum Gasteiger partial charge on any atom is 0.165 e. The van der Waals surface area contributed by atoms with Gasteiger partial charge in [-0.25, -0.2) is 4.99 Å². The van der Waals surface area contributed by atoms with Gasteiger partial charge in [0, 0.05) is 4.90 Å². The van der Waals surface area contributed by atoms with Gasteiger partial charge >= 0.3 is 0 Å². The molecule has 1 aromatic carbocycles. The monoisotopic (exact) mass is 262 g/mol. The number of nitrogens with two attached hydrogens (primary N) is 1. The first-order valence-electron chi connectivity index (χ1n) is 6.58. The maximum atomic E-state index is 6.11. The van der Waals surface area contributed by atoms with Crippen molar-refractivity contribution in [1.82, 2.24) is 0 Å². The van der Waals surface area contributed by atoms with Gasteiger partial charge in [-0.1, -0.05) is 43.2 Å². The normalized spacial score (nSPS) is 24.4. The Hall–Kier alpha value is -1.00. The number of aliphatic imine (C=N–C) groups is 1. The van der Waals surface area contributed by atoms with Gasteiger partial charge in [0.05, 0.1) is 11.8 Å². The number of hydrogen-bond acceptors (Lipinski definition) is 4. The summed E-state index contributed by atoms with van der Waals surface area (Å²) in [5.74, 6) is 0.601. The Balaban J connectivity index is 1.71. The molecule has 2 N–H and O–H groups in total. The van der Waals surface area contributed by atoms with Crippen LogP contribution < -0.4 is 5.73 Å². The summed E-state index contributed by atoms with van der Waals surface area (Å²) in [5, 5.41) is 0.